The van der Waals surface area contributed by atoms with Crippen molar-refractivity contribution >= 4 is 76.8 Å². The van der Waals surface area contributed by atoms with Gasteiger partial charge in [0.05, 0.1) is 12.9 Å². The number of amides is 10. The van der Waals surface area contributed by atoms with Crippen LogP contribution in [0.5, 0.6) is 0 Å². The van der Waals surface area contributed by atoms with Gasteiger partial charge in [0.15, 0.2) is 0 Å². The van der Waals surface area contributed by atoms with Gasteiger partial charge in [0, 0.05) is 31.2 Å². The molecule has 10 atom stereocenters. The Morgan fingerprint density at radius 3 is 1.68 bits per heavy atom. The Morgan fingerprint density at radius 2 is 1.11 bits per heavy atom. The molecule has 0 aromatic heterocycles. The van der Waals surface area contributed by atoms with Gasteiger partial charge in [0.1, 0.15) is 59.9 Å². The summed E-state index contributed by atoms with van der Waals surface area (Å²) in [4.78, 5) is 163. The number of rotatable bonds is 14. The van der Waals surface area contributed by atoms with E-state index in [-0.39, 0.29) is 62.7 Å². The summed E-state index contributed by atoms with van der Waals surface area (Å²) in [5, 5.41) is 23.0. The fourth-order valence-corrected chi connectivity index (χ4v) is 13.1. The van der Waals surface area contributed by atoms with Crippen LogP contribution in [0.2, 0.25) is 0 Å². The first-order chi connectivity index (χ1) is 42.9. The Kier molecular flexibility index (Phi) is 28.4. The number of ether oxygens (including phenoxy) is 1. The molecule has 1 saturated carbocycles. The molecule has 0 radical (unpaired) electrons. The summed E-state index contributed by atoms with van der Waals surface area (Å²) in [5.41, 5.74) is -0.113. The van der Waals surface area contributed by atoms with Crippen molar-refractivity contribution in [3.8, 4) is 0 Å². The second-order valence-corrected chi connectivity index (χ2v) is 29.0. The second-order valence-electron chi connectivity index (χ2n) is 27.4. The number of thioether (sulfide) groups is 1. The highest BCUT2D eigenvalue weighted by molar-refractivity contribution is 8.01. The summed E-state index contributed by atoms with van der Waals surface area (Å²) in [5.74, 6) is -8.73. The Morgan fingerprint density at radius 1 is 0.571 bits per heavy atom. The van der Waals surface area contributed by atoms with Crippen LogP contribution in [0, 0.1) is 29.6 Å². The second kappa shape index (κ2) is 34.6. The molecule has 0 unspecified atom stereocenters. The number of methoxy groups -OCH3 is 1. The molecule has 0 bridgehead atoms. The topological polar surface area (TPSA) is 300 Å². The van der Waals surface area contributed by atoms with E-state index < -0.39 is 142 Å². The smallest absolute Gasteiger partial charge is 0.329 e. The third kappa shape index (κ3) is 21.5. The van der Waals surface area contributed by atoms with E-state index in [2.05, 4.69) is 42.5 Å². The third-order valence-corrected chi connectivity index (χ3v) is 19.2. The van der Waals surface area contributed by atoms with Gasteiger partial charge in [-0.05, 0) is 107 Å². The molecule has 8 N–H and O–H groups in total. The van der Waals surface area contributed by atoms with E-state index in [1.54, 1.807) is 109 Å². The normalized spacial score (nSPS) is 27.5. The molecular weight excluding hydrogens is 1180 g/mol. The lowest BCUT2D eigenvalue weighted by molar-refractivity contribution is -0.148. The van der Waals surface area contributed by atoms with Gasteiger partial charge in [-0.15, -0.1) is 11.8 Å². The van der Waals surface area contributed by atoms with Crippen molar-refractivity contribution in [2.24, 2.45) is 29.6 Å². The van der Waals surface area contributed by atoms with E-state index >= 15 is 4.79 Å². The minimum atomic E-state index is -1.49. The number of fused-ring (bicyclic) bond motifs is 1. The molecule has 0 spiro atoms. The summed E-state index contributed by atoms with van der Waals surface area (Å²) >= 11 is 0.995. The largest absolute Gasteiger partial charge is 0.467 e. The minimum Gasteiger partial charge on any atom is -0.467 e. The van der Waals surface area contributed by atoms with Crippen molar-refractivity contribution in [2.75, 3.05) is 26.5 Å². The van der Waals surface area contributed by atoms with Crippen LogP contribution in [0.4, 0.5) is 0 Å². The third-order valence-electron chi connectivity index (χ3n) is 17.8. The zero-order chi connectivity index (χ0) is 67.5. The molecule has 2 aromatic rings. The molecule has 2 heterocycles. The molecule has 5 rings (SSSR count). The van der Waals surface area contributed by atoms with Gasteiger partial charge in [-0.25, -0.2) is 4.79 Å². The first-order valence-electron chi connectivity index (χ1n) is 32.7. The van der Waals surface area contributed by atoms with Gasteiger partial charge < -0.3 is 57.1 Å². The van der Waals surface area contributed by atoms with Gasteiger partial charge >= 0.3 is 5.97 Å². The SMILES string of the molecule is COC(=O)[C@H]1NC(=O)[C@H](C)NC(=O)[C@H](Cc2ccccc2)N(C)C(=O)[C@H](CC(C)C)NC(=O)[C@H](CCC2CCCCC2)NC(=O)[C@H](CC(C)C)NC(=O)[C@H](C(C)C)NC(=O)[C@]2(C)CCCN2C(=O)[C@H](C(C)C)NC(=O)[C@H](Cc2ccccc2)NC(=O)CSC1(C)C. The lowest BCUT2D eigenvalue weighted by atomic mass is 9.85. The van der Waals surface area contributed by atoms with Crippen molar-refractivity contribution in [2.45, 2.75) is 231 Å². The fraction of sp³-hybridized carbons (Fsp3) is 0.662. The average molecular weight is 1290 g/mol. The highest BCUT2D eigenvalue weighted by atomic mass is 32.2. The maximum Gasteiger partial charge on any atom is 0.329 e. The number of nitrogens with one attached hydrogen (secondary N) is 8. The molecule has 3 aliphatic rings. The number of hydrogen-bond donors (Lipinski definition) is 8. The van der Waals surface area contributed by atoms with Crippen LogP contribution in [0.25, 0.3) is 0 Å². The highest BCUT2D eigenvalue weighted by Crippen LogP contribution is 2.33. The molecule has 91 heavy (non-hydrogen) atoms. The van der Waals surface area contributed by atoms with Crippen molar-refractivity contribution in [3.05, 3.63) is 71.8 Å². The van der Waals surface area contributed by atoms with E-state index in [0.29, 0.717) is 29.9 Å². The number of benzene rings is 2. The van der Waals surface area contributed by atoms with Crippen LogP contribution >= 0.6 is 11.8 Å². The zero-order valence-corrected chi connectivity index (χ0v) is 57.0. The average Bonchev–Trinajstić information content (AvgIpc) is 1.71. The van der Waals surface area contributed by atoms with E-state index in [0.717, 1.165) is 51.0 Å². The van der Waals surface area contributed by atoms with Crippen LogP contribution in [0.3, 0.4) is 0 Å². The van der Waals surface area contributed by atoms with Gasteiger partial charge in [0.2, 0.25) is 59.1 Å². The summed E-state index contributed by atoms with van der Waals surface area (Å²) in [7, 11) is 2.60. The highest BCUT2D eigenvalue weighted by Gasteiger charge is 2.50. The van der Waals surface area contributed by atoms with E-state index in [1.807, 2.05) is 27.7 Å². The molecule has 22 nitrogen and oxygen atoms in total. The molecule has 1 aliphatic carbocycles. The van der Waals surface area contributed by atoms with Crippen molar-refractivity contribution in [3.63, 3.8) is 0 Å². The van der Waals surface area contributed by atoms with Gasteiger partial charge in [-0.1, -0.05) is 148 Å². The molecule has 23 heteroatoms. The Hall–Kier alpha value is -7.04. The number of carbonyl (C=O) groups excluding carboxylic acids is 11. The predicted molar refractivity (Wildman–Crippen MR) is 350 cm³/mol. The van der Waals surface area contributed by atoms with Gasteiger partial charge in [-0.2, -0.15) is 0 Å². The van der Waals surface area contributed by atoms with Crippen LogP contribution in [-0.2, 0) is 70.3 Å². The first-order valence-corrected chi connectivity index (χ1v) is 33.7. The van der Waals surface area contributed by atoms with E-state index in [9.17, 15) is 47.9 Å². The molecule has 504 valence electrons. The van der Waals surface area contributed by atoms with Crippen LogP contribution in [0.15, 0.2) is 60.7 Å². The Balaban J connectivity index is 1.60. The molecule has 2 aliphatic heterocycles. The van der Waals surface area contributed by atoms with Crippen molar-refractivity contribution in [1.82, 2.24) is 52.3 Å². The van der Waals surface area contributed by atoms with E-state index in [4.69, 9.17) is 4.74 Å². The fourth-order valence-electron chi connectivity index (χ4n) is 12.2. The predicted octanol–water partition coefficient (Wildman–Crippen LogP) is 5.04. The number of esters is 1. The number of hydrogen-bond acceptors (Lipinski definition) is 13. The number of nitrogens with zero attached hydrogens (tertiary/aromatic N) is 2. The van der Waals surface area contributed by atoms with Crippen molar-refractivity contribution < 1.29 is 57.5 Å². The summed E-state index contributed by atoms with van der Waals surface area (Å²) in [6.07, 6.45) is 6.86. The first kappa shape index (κ1) is 74.7. The van der Waals surface area contributed by atoms with Crippen molar-refractivity contribution in [1.29, 1.82) is 0 Å². The molecule has 10 amide bonds. The van der Waals surface area contributed by atoms with Gasteiger partial charge in [0.25, 0.3) is 0 Å². The maximum absolute atomic E-state index is 15.1. The summed E-state index contributed by atoms with van der Waals surface area (Å²) < 4.78 is 3.90. The number of likely N-dealkylation sites (N-methyl/N-ethyl adjacent to an activating group) is 1. The molecular formula is C68H104N10O12S. The standard InChI is InChI=1S/C68H104N10O12S/c1-40(2)35-49-59(82)71-48(32-31-45-25-18-15-19-26-45)58(81)73-51(36-41(3)4)63(86)77(13)52(38-47-29-22-17-23-30-47)61(84)69-44(9)57(80)76-56(65(88)90-14)67(10,11)91-39-53(79)70-50(37-46-27-20-16-21-28-46)60(83)74-55(43(7)8)64(87)78-34-24-33-68(78,12)66(89)75-54(42(5)6)62(85)72-49/h16-17,20-23,27-30,40-45,48-52,54-56H,15,18-19,24-26,31-39H2,1-14H3,(H,69,84)(H,70,79)(H,71,82)(H,72,85)(H,73,81)(H,74,83)(H,75,89)(H,76,80)/t44-,48-,49-,50-,51-,52-,54-,55-,56+,68-/m0/s1. The van der Waals surface area contributed by atoms with Crippen LogP contribution < -0.4 is 42.5 Å². The number of carbonyl (C=O) groups is 11. The van der Waals surface area contributed by atoms with Crippen LogP contribution in [-0.4, -0.2) is 166 Å². The summed E-state index contributed by atoms with van der Waals surface area (Å²) in [6, 6.07) is 6.83. The molecule has 2 saturated heterocycles. The zero-order valence-electron chi connectivity index (χ0n) is 56.2. The maximum atomic E-state index is 15.1. The van der Waals surface area contributed by atoms with Crippen LogP contribution in [0.1, 0.15) is 165 Å². The Bertz CT molecular complexity index is 2830. The van der Waals surface area contributed by atoms with E-state index in [1.165, 1.54) is 23.8 Å². The quantitative estimate of drug-likeness (QED) is 0.115. The summed E-state index contributed by atoms with van der Waals surface area (Å²) in [6.45, 7) is 21.0. The molecule has 3 fully saturated rings. The van der Waals surface area contributed by atoms with Gasteiger partial charge in [-0.3, -0.25) is 47.9 Å². The minimum absolute atomic E-state index is 0.00540. The monoisotopic (exact) mass is 1280 g/mol. The molecule has 2 aromatic carbocycles. The Labute approximate surface area is 543 Å². The lowest BCUT2D eigenvalue weighted by Gasteiger charge is -2.38. The lowest BCUT2D eigenvalue weighted by Crippen LogP contribution is -2.64.